The normalized spacial score (nSPS) is 11.0. The number of nitro groups is 1. The fourth-order valence-corrected chi connectivity index (χ4v) is 3.50. The molecule has 3 rings (SSSR count). The van der Waals surface area contributed by atoms with Crippen LogP contribution in [-0.4, -0.2) is 21.0 Å². The van der Waals surface area contributed by atoms with Crippen LogP contribution in [0.5, 0.6) is 0 Å². The molecule has 0 fully saturated rings. The maximum Gasteiger partial charge on any atom is 0.348 e. The van der Waals surface area contributed by atoms with Crippen molar-refractivity contribution >= 4 is 35.1 Å². The molecule has 0 saturated carbocycles. The Balaban J connectivity index is 1.95. The zero-order chi connectivity index (χ0) is 19.4. The second kappa shape index (κ2) is 7.92. The molecular weight excluding hydrogens is 364 g/mol. The Labute approximate surface area is 159 Å². The van der Waals surface area contributed by atoms with E-state index in [2.05, 4.69) is 4.98 Å². The van der Waals surface area contributed by atoms with E-state index in [9.17, 15) is 20.0 Å². The summed E-state index contributed by atoms with van der Waals surface area (Å²) in [5.74, 6) is -1.03. The van der Waals surface area contributed by atoms with Crippen molar-refractivity contribution in [3.8, 4) is 11.3 Å². The van der Waals surface area contributed by atoms with Gasteiger partial charge in [-0.1, -0.05) is 55.5 Å². The highest BCUT2D eigenvalue weighted by Gasteiger charge is 2.18. The minimum Gasteiger partial charge on any atom is -0.477 e. The number of aromatic nitrogens is 1. The molecule has 0 aliphatic heterocycles. The Hall–Kier alpha value is -3.32. The van der Waals surface area contributed by atoms with E-state index < -0.39 is 10.9 Å². The largest absolute Gasteiger partial charge is 0.477 e. The lowest BCUT2D eigenvalue weighted by atomic mass is 10.1. The molecule has 3 aromatic rings. The van der Waals surface area contributed by atoms with Crippen LogP contribution in [0.2, 0.25) is 0 Å². The number of carbonyl (C=O) groups is 1. The molecule has 0 amide bonds. The standard InChI is InChI=1S/C20H16N2O4S/c1-2-14-10-8-13(12-16(14)22(25)26)9-11-17-21-18(19(27-17)20(23)24)15-6-4-3-5-7-15/h3-12H,2H2,1H3,(H,23,24)/b11-9+. The van der Waals surface area contributed by atoms with E-state index in [1.54, 1.807) is 24.3 Å². The molecule has 0 atom stereocenters. The van der Waals surface area contributed by atoms with Crippen molar-refractivity contribution in [2.24, 2.45) is 0 Å². The van der Waals surface area contributed by atoms with Gasteiger partial charge in [-0.15, -0.1) is 11.3 Å². The first-order valence-corrected chi connectivity index (χ1v) is 9.06. The molecule has 6 nitrogen and oxygen atoms in total. The minimum atomic E-state index is -1.03. The Morgan fingerprint density at radius 2 is 1.96 bits per heavy atom. The molecular formula is C20H16N2O4S. The molecule has 2 aromatic carbocycles. The van der Waals surface area contributed by atoms with E-state index in [0.717, 1.165) is 16.9 Å². The summed E-state index contributed by atoms with van der Waals surface area (Å²) in [7, 11) is 0. The Bertz CT molecular complexity index is 1030. The summed E-state index contributed by atoms with van der Waals surface area (Å²) >= 11 is 1.07. The molecule has 0 spiro atoms. The number of aromatic carboxylic acids is 1. The van der Waals surface area contributed by atoms with Gasteiger partial charge in [0.2, 0.25) is 0 Å². The third-order valence-corrected chi connectivity index (χ3v) is 5.00. The number of benzene rings is 2. The average Bonchev–Trinajstić information content (AvgIpc) is 3.11. The maximum absolute atomic E-state index is 11.5. The molecule has 1 aromatic heterocycles. The number of nitrogens with zero attached hydrogens (tertiary/aromatic N) is 2. The first-order valence-electron chi connectivity index (χ1n) is 8.24. The second-order valence-electron chi connectivity index (χ2n) is 5.73. The number of aryl methyl sites for hydroxylation is 1. The Kier molecular flexibility index (Phi) is 5.42. The van der Waals surface area contributed by atoms with Crippen molar-refractivity contribution in [2.75, 3.05) is 0 Å². The van der Waals surface area contributed by atoms with Gasteiger partial charge in [-0.3, -0.25) is 10.1 Å². The first-order chi connectivity index (χ1) is 13.0. The highest BCUT2D eigenvalue weighted by Crippen LogP contribution is 2.29. The number of carboxylic acid groups (broad SMARTS) is 1. The number of hydrogen-bond donors (Lipinski definition) is 1. The summed E-state index contributed by atoms with van der Waals surface area (Å²) < 4.78 is 0. The van der Waals surface area contributed by atoms with Crippen molar-refractivity contribution < 1.29 is 14.8 Å². The molecule has 1 heterocycles. The fourth-order valence-electron chi connectivity index (χ4n) is 2.67. The predicted molar refractivity (Wildman–Crippen MR) is 106 cm³/mol. The van der Waals surface area contributed by atoms with Crippen LogP contribution in [0.15, 0.2) is 48.5 Å². The smallest absolute Gasteiger partial charge is 0.348 e. The monoisotopic (exact) mass is 380 g/mol. The summed E-state index contributed by atoms with van der Waals surface area (Å²) in [6.45, 7) is 1.87. The van der Waals surface area contributed by atoms with Gasteiger partial charge < -0.3 is 5.11 Å². The lowest BCUT2D eigenvalue weighted by Crippen LogP contribution is -1.95. The minimum absolute atomic E-state index is 0.0787. The first kappa shape index (κ1) is 18.5. The molecule has 0 unspecified atom stereocenters. The van der Waals surface area contributed by atoms with Gasteiger partial charge in [0, 0.05) is 17.2 Å². The van der Waals surface area contributed by atoms with Gasteiger partial charge in [-0.2, -0.15) is 0 Å². The lowest BCUT2D eigenvalue weighted by Gasteiger charge is -2.00. The van der Waals surface area contributed by atoms with Crippen molar-refractivity contribution in [1.82, 2.24) is 4.98 Å². The van der Waals surface area contributed by atoms with Gasteiger partial charge in [0.05, 0.1) is 10.6 Å². The van der Waals surface area contributed by atoms with Crippen LogP contribution < -0.4 is 0 Å². The summed E-state index contributed by atoms with van der Waals surface area (Å²) in [5.41, 5.74) is 2.56. The van der Waals surface area contributed by atoms with Gasteiger partial charge in [0.15, 0.2) is 0 Å². The number of hydrogen-bond acceptors (Lipinski definition) is 5. The van der Waals surface area contributed by atoms with Crippen LogP contribution in [0.1, 0.15) is 32.7 Å². The van der Waals surface area contributed by atoms with Crippen molar-refractivity contribution in [2.45, 2.75) is 13.3 Å². The molecule has 0 aliphatic carbocycles. The summed E-state index contributed by atoms with van der Waals surface area (Å²) in [6, 6.07) is 14.2. The third kappa shape index (κ3) is 4.09. The fraction of sp³-hybridized carbons (Fsp3) is 0.100. The zero-order valence-electron chi connectivity index (χ0n) is 14.5. The molecule has 7 heteroatoms. The van der Waals surface area contributed by atoms with Crippen molar-refractivity contribution in [3.63, 3.8) is 0 Å². The number of nitro benzene ring substituents is 1. The molecule has 0 radical (unpaired) electrons. The van der Waals surface area contributed by atoms with E-state index in [1.807, 2.05) is 37.3 Å². The van der Waals surface area contributed by atoms with Gasteiger partial charge in [-0.05, 0) is 18.1 Å². The predicted octanol–water partition coefficient (Wildman–Crippen LogP) is 5.15. The molecule has 0 aliphatic rings. The van der Waals surface area contributed by atoms with E-state index in [1.165, 1.54) is 6.07 Å². The van der Waals surface area contributed by atoms with Gasteiger partial charge in [-0.25, -0.2) is 9.78 Å². The molecule has 0 bridgehead atoms. The summed E-state index contributed by atoms with van der Waals surface area (Å²) in [4.78, 5) is 26.9. The Morgan fingerprint density at radius 1 is 1.22 bits per heavy atom. The topological polar surface area (TPSA) is 93.3 Å². The van der Waals surface area contributed by atoms with Crippen molar-refractivity contribution in [3.05, 3.63) is 79.7 Å². The van der Waals surface area contributed by atoms with Crippen LogP contribution in [0.3, 0.4) is 0 Å². The molecule has 136 valence electrons. The van der Waals surface area contributed by atoms with Crippen molar-refractivity contribution in [1.29, 1.82) is 0 Å². The molecule has 1 N–H and O–H groups in total. The highest BCUT2D eigenvalue weighted by atomic mass is 32.1. The van der Waals surface area contributed by atoms with Crippen LogP contribution in [0.25, 0.3) is 23.4 Å². The molecule has 0 saturated heterocycles. The third-order valence-electron chi connectivity index (χ3n) is 3.99. The number of carboxylic acids is 1. The van der Waals surface area contributed by atoms with Crippen LogP contribution in [0.4, 0.5) is 5.69 Å². The van der Waals surface area contributed by atoms with Gasteiger partial charge in [0.25, 0.3) is 5.69 Å². The van der Waals surface area contributed by atoms with Crippen LogP contribution >= 0.6 is 11.3 Å². The van der Waals surface area contributed by atoms with Crippen LogP contribution in [0, 0.1) is 10.1 Å². The van der Waals surface area contributed by atoms with Crippen LogP contribution in [-0.2, 0) is 6.42 Å². The van der Waals surface area contributed by atoms with Gasteiger partial charge >= 0.3 is 5.97 Å². The number of rotatable bonds is 6. The van der Waals surface area contributed by atoms with E-state index in [0.29, 0.717) is 28.2 Å². The SMILES string of the molecule is CCc1ccc(/C=C/c2nc(-c3ccccc3)c(C(=O)O)s2)cc1[N+](=O)[O-]. The van der Waals surface area contributed by atoms with E-state index in [-0.39, 0.29) is 10.6 Å². The van der Waals surface area contributed by atoms with Gasteiger partial charge in [0.1, 0.15) is 9.88 Å². The molecule has 27 heavy (non-hydrogen) atoms. The van der Waals surface area contributed by atoms with E-state index >= 15 is 0 Å². The second-order valence-corrected chi connectivity index (χ2v) is 6.76. The number of thiazole rings is 1. The zero-order valence-corrected chi connectivity index (χ0v) is 15.3. The maximum atomic E-state index is 11.5. The lowest BCUT2D eigenvalue weighted by molar-refractivity contribution is -0.385. The summed E-state index contributed by atoms with van der Waals surface area (Å²) in [6.07, 6.45) is 3.95. The highest BCUT2D eigenvalue weighted by molar-refractivity contribution is 7.15. The Morgan fingerprint density at radius 3 is 2.59 bits per heavy atom. The van der Waals surface area contributed by atoms with E-state index in [4.69, 9.17) is 0 Å². The summed E-state index contributed by atoms with van der Waals surface area (Å²) in [5, 5.41) is 21.2. The average molecular weight is 380 g/mol. The quantitative estimate of drug-likeness (QED) is 0.471.